The van der Waals surface area contributed by atoms with Crippen molar-refractivity contribution in [2.45, 2.75) is 26.7 Å². The van der Waals surface area contributed by atoms with Crippen LogP contribution in [0, 0.1) is 0 Å². The minimum absolute atomic E-state index is 0.679. The summed E-state index contributed by atoms with van der Waals surface area (Å²) in [6.45, 7) is 4.80. The first-order chi connectivity index (χ1) is 8.74. The number of nitrogens with two attached hydrogens (primary N) is 1. The number of benzene rings is 1. The minimum atomic E-state index is 0.679. The van der Waals surface area contributed by atoms with Crippen LogP contribution in [0.15, 0.2) is 24.3 Å². The molecule has 4 heteroatoms. The molecule has 96 valence electrons. The van der Waals surface area contributed by atoms with Crippen LogP contribution in [0.3, 0.4) is 0 Å². The molecule has 0 saturated carbocycles. The van der Waals surface area contributed by atoms with E-state index in [1.807, 2.05) is 31.2 Å². The average Bonchev–Trinajstić information content (AvgIpc) is 2.72. The molecule has 18 heavy (non-hydrogen) atoms. The molecule has 1 aromatic carbocycles. The summed E-state index contributed by atoms with van der Waals surface area (Å²) in [5.41, 5.74) is 7.97. The zero-order valence-electron chi connectivity index (χ0n) is 10.8. The molecule has 0 unspecified atom stereocenters. The van der Waals surface area contributed by atoms with Gasteiger partial charge in [-0.25, -0.2) is 4.98 Å². The van der Waals surface area contributed by atoms with Crippen LogP contribution in [-0.4, -0.2) is 11.6 Å². The van der Waals surface area contributed by atoms with E-state index >= 15 is 0 Å². The van der Waals surface area contributed by atoms with Gasteiger partial charge >= 0.3 is 0 Å². The summed E-state index contributed by atoms with van der Waals surface area (Å²) in [4.78, 5) is 4.60. The Morgan fingerprint density at radius 2 is 1.94 bits per heavy atom. The summed E-state index contributed by atoms with van der Waals surface area (Å²) in [7, 11) is 0. The number of thiazole rings is 1. The van der Waals surface area contributed by atoms with Gasteiger partial charge in [0.15, 0.2) is 0 Å². The van der Waals surface area contributed by atoms with Crippen molar-refractivity contribution in [3.05, 3.63) is 29.3 Å². The normalized spacial score (nSPS) is 10.6. The molecule has 0 spiro atoms. The number of nitrogen functional groups attached to an aromatic ring is 1. The zero-order chi connectivity index (χ0) is 13.0. The monoisotopic (exact) mass is 262 g/mol. The van der Waals surface area contributed by atoms with E-state index in [1.54, 1.807) is 11.3 Å². The van der Waals surface area contributed by atoms with Crippen LogP contribution in [-0.2, 0) is 6.42 Å². The van der Waals surface area contributed by atoms with Gasteiger partial charge in [0.2, 0.25) is 0 Å². The van der Waals surface area contributed by atoms with Crippen LogP contribution in [0.2, 0.25) is 0 Å². The van der Waals surface area contributed by atoms with E-state index in [0.717, 1.165) is 39.9 Å². The molecule has 1 heterocycles. The Balaban J connectivity index is 2.24. The van der Waals surface area contributed by atoms with Gasteiger partial charge in [-0.3, -0.25) is 0 Å². The lowest BCUT2D eigenvalue weighted by molar-refractivity contribution is 0.340. The van der Waals surface area contributed by atoms with Crippen LogP contribution in [0.25, 0.3) is 11.3 Å². The van der Waals surface area contributed by atoms with Crippen molar-refractivity contribution in [2.24, 2.45) is 0 Å². The van der Waals surface area contributed by atoms with Gasteiger partial charge in [0.05, 0.1) is 11.6 Å². The fraction of sp³-hybridized carbons (Fsp3) is 0.357. The van der Waals surface area contributed by atoms with Crippen molar-refractivity contribution in [3.63, 3.8) is 0 Å². The number of rotatable bonds is 5. The first-order valence-electron chi connectivity index (χ1n) is 6.23. The Labute approximate surface area is 112 Å². The van der Waals surface area contributed by atoms with E-state index in [4.69, 9.17) is 10.5 Å². The highest BCUT2D eigenvalue weighted by molar-refractivity contribution is 7.16. The largest absolute Gasteiger partial charge is 0.494 e. The maximum atomic E-state index is 6.03. The summed E-state index contributed by atoms with van der Waals surface area (Å²) < 4.78 is 5.42. The number of anilines is 1. The van der Waals surface area contributed by atoms with E-state index in [0.29, 0.717) is 6.61 Å². The molecule has 3 nitrogen and oxygen atoms in total. The molecule has 2 aromatic rings. The molecule has 0 aliphatic rings. The summed E-state index contributed by atoms with van der Waals surface area (Å²) in [5.74, 6) is 0.879. The Hall–Kier alpha value is -1.55. The van der Waals surface area contributed by atoms with Gasteiger partial charge < -0.3 is 10.5 Å². The zero-order valence-corrected chi connectivity index (χ0v) is 11.6. The number of hydrogen-bond acceptors (Lipinski definition) is 4. The summed E-state index contributed by atoms with van der Waals surface area (Å²) >= 11 is 1.58. The standard InChI is InChI=1S/C14H18N2OS/c1-3-5-12-16-13(14(15)18-12)10-6-8-11(9-7-10)17-4-2/h6-9H,3-5,15H2,1-2H3. The predicted octanol–water partition coefficient (Wildman–Crippen LogP) is 3.74. The third-order valence-corrected chi connectivity index (χ3v) is 3.54. The van der Waals surface area contributed by atoms with Crippen molar-refractivity contribution in [1.29, 1.82) is 0 Å². The third kappa shape index (κ3) is 2.82. The molecule has 0 aliphatic carbocycles. The highest BCUT2D eigenvalue weighted by Gasteiger charge is 2.10. The highest BCUT2D eigenvalue weighted by Crippen LogP contribution is 2.31. The second-order valence-electron chi connectivity index (χ2n) is 4.03. The Bertz CT molecular complexity index is 505. The molecule has 2 rings (SSSR count). The maximum Gasteiger partial charge on any atom is 0.119 e. The molecule has 0 bridgehead atoms. The third-order valence-electron chi connectivity index (χ3n) is 2.60. The van der Waals surface area contributed by atoms with E-state index in [9.17, 15) is 0 Å². The van der Waals surface area contributed by atoms with Gasteiger partial charge in [-0.2, -0.15) is 0 Å². The van der Waals surface area contributed by atoms with Gasteiger partial charge in [0.1, 0.15) is 16.4 Å². The predicted molar refractivity (Wildman–Crippen MR) is 77.1 cm³/mol. The minimum Gasteiger partial charge on any atom is -0.494 e. The lowest BCUT2D eigenvalue weighted by Crippen LogP contribution is -1.91. The van der Waals surface area contributed by atoms with Crippen molar-refractivity contribution in [2.75, 3.05) is 12.3 Å². The molecule has 1 aromatic heterocycles. The van der Waals surface area contributed by atoms with Crippen molar-refractivity contribution in [1.82, 2.24) is 4.98 Å². The van der Waals surface area contributed by atoms with Crippen LogP contribution in [0.5, 0.6) is 5.75 Å². The highest BCUT2D eigenvalue weighted by atomic mass is 32.1. The summed E-state index contributed by atoms with van der Waals surface area (Å²) in [6.07, 6.45) is 2.08. The smallest absolute Gasteiger partial charge is 0.119 e. The second-order valence-corrected chi connectivity index (χ2v) is 5.14. The van der Waals surface area contributed by atoms with E-state index in [2.05, 4.69) is 11.9 Å². The molecule has 0 aliphatic heterocycles. The van der Waals surface area contributed by atoms with Gasteiger partial charge in [0.25, 0.3) is 0 Å². The molecule has 0 amide bonds. The second kappa shape index (κ2) is 5.87. The van der Waals surface area contributed by atoms with Crippen molar-refractivity contribution >= 4 is 16.3 Å². The van der Waals surface area contributed by atoms with Gasteiger partial charge in [0, 0.05) is 5.56 Å². The first-order valence-corrected chi connectivity index (χ1v) is 7.04. The number of ether oxygens (including phenoxy) is 1. The molecule has 0 fully saturated rings. The Kier molecular flexibility index (Phi) is 4.20. The Morgan fingerprint density at radius 3 is 2.56 bits per heavy atom. The van der Waals surface area contributed by atoms with Crippen molar-refractivity contribution < 1.29 is 4.74 Å². The molecule has 0 saturated heterocycles. The fourth-order valence-electron chi connectivity index (χ4n) is 1.78. The maximum absolute atomic E-state index is 6.03. The SMILES string of the molecule is CCCc1nc(-c2ccc(OCC)cc2)c(N)s1. The van der Waals surface area contributed by atoms with Gasteiger partial charge in [-0.15, -0.1) is 11.3 Å². The number of hydrogen-bond donors (Lipinski definition) is 1. The first kappa shape index (κ1) is 12.9. The Morgan fingerprint density at radius 1 is 1.22 bits per heavy atom. The molecule has 2 N–H and O–H groups in total. The van der Waals surface area contributed by atoms with E-state index < -0.39 is 0 Å². The lowest BCUT2D eigenvalue weighted by atomic mass is 10.1. The number of nitrogens with zero attached hydrogens (tertiary/aromatic N) is 1. The molecule has 0 radical (unpaired) electrons. The van der Waals surface area contributed by atoms with Crippen LogP contribution in [0.4, 0.5) is 5.00 Å². The number of aryl methyl sites for hydroxylation is 1. The lowest BCUT2D eigenvalue weighted by Gasteiger charge is -2.03. The topological polar surface area (TPSA) is 48.1 Å². The van der Waals surface area contributed by atoms with Gasteiger partial charge in [-0.05, 0) is 44.0 Å². The quantitative estimate of drug-likeness (QED) is 0.892. The van der Waals surface area contributed by atoms with Crippen LogP contribution < -0.4 is 10.5 Å². The van der Waals surface area contributed by atoms with E-state index in [1.165, 1.54) is 0 Å². The number of aromatic nitrogens is 1. The summed E-state index contributed by atoms with van der Waals surface area (Å²) in [5, 5.41) is 1.90. The van der Waals surface area contributed by atoms with Gasteiger partial charge in [-0.1, -0.05) is 6.92 Å². The molecular weight excluding hydrogens is 244 g/mol. The van der Waals surface area contributed by atoms with E-state index in [-0.39, 0.29) is 0 Å². The van der Waals surface area contributed by atoms with Crippen LogP contribution >= 0.6 is 11.3 Å². The molecular formula is C14H18N2OS. The molecule has 0 atom stereocenters. The average molecular weight is 262 g/mol. The van der Waals surface area contributed by atoms with Crippen LogP contribution in [0.1, 0.15) is 25.3 Å². The van der Waals surface area contributed by atoms with Crippen molar-refractivity contribution in [3.8, 4) is 17.0 Å². The fourth-order valence-corrected chi connectivity index (χ4v) is 2.74. The summed E-state index contributed by atoms with van der Waals surface area (Å²) in [6, 6.07) is 7.92.